The lowest BCUT2D eigenvalue weighted by Gasteiger charge is -2.27. The Hall–Kier alpha value is -3.50. The summed E-state index contributed by atoms with van der Waals surface area (Å²) in [5.74, 6) is -0.331. The lowest BCUT2D eigenvalue weighted by Crippen LogP contribution is -2.40. The van der Waals surface area contributed by atoms with Crippen molar-refractivity contribution in [3.8, 4) is 11.1 Å². The van der Waals surface area contributed by atoms with Crippen LogP contribution in [0.2, 0.25) is 0 Å². The van der Waals surface area contributed by atoms with Crippen LogP contribution in [-0.4, -0.2) is 62.6 Å². The molecular formula is C24H24FN5O3S. The first-order chi connectivity index (χ1) is 16.3. The molecule has 8 nitrogen and oxygen atoms in total. The molecule has 4 rings (SSSR count). The molecule has 10 heteroatoms. The third-order valence-electron chi connectivity index (χ3n) is 5.43. The van der Waals surface area contributed by atoms with Crippen LogP contribution in [0.15, 0.2) is 48.8 Å². The Kier molecular flexibility index (Phi) is 7.09. The number of carbonyl (C=O) groups is 1. The molecule has 2 aromatic carbocycles. The van der Waals surface area contributed by atoms with Gasteiger partial charge in [-0.05, 0) is 37.3 Å². The van der Waals surface area contributed by atoms with E-state index in [-0.39, 0.29) is 22.7 Å². The third-order valence-corrected chi connectivity index (χ3v) is 6.22. The average Bonchev–Trinajstić information content (AvgIpc) is 2.85. The molecule has 1 saturated heterocycles. The van der Waals surface area contributed by atoms with E-state index in [1.54, 1.807) is 35.2 Å². The lowest BCUT2D eigenvalue weighted by atomic mass is 10.1. The molecule has 2 N–H and O–H groups in total. The number of morpholine rings is 1. The van der Waals surface area contributed by atoms with Crippen molar-refractivity contribution in [3.05, 3.63) is 71.3 Å². The Morgan fingerprint density at radius 2 is 1.85 bits per heavy atom. The normalized spacial score (nSPS) is 14.5. The predicted octanol–water partition coefficient (Wildman–Crippen LogP) is 3.51. The SMILES string of the molecule is Cc1ccc(F)c(-c2cnc(Nc3cc(C(=O)N4CCOCC4)ccc3C(=N)S(C)=O)nc2)c1. The van der Waals surface area contributed by atoms with E-state index >= 15 is 0 Å². The largest absolute Gasteiger partial charge is 0.378 e. The Balaban J connectivity index is 1.64. The van der Waals surface area contributed by atoms with Gasteiger partial charge in [0.1, 0.15) is 10.9 Å². The van der Waals surface area contributed by atoms with Gasteiger partial charge in [0.15, 0.2) is 0 Å². The molecular weight excluding hydrogens is 457 g/mol. The number of aromatic nitrogens is 2. The van der Waals surface area contributed by atoms with Crippen molar-refractivity contribution in [1.82, 2.24) is 14.9 Å². The number of aryl methyl sites for hydroxylation is 1. The molecule has 1 amide bonds. The van der Waals surface area contributed by atoms with Gasteiger partial charge in [-0.1, -0.05) is 11.6 Å². The summed E-state index contributed by atoms with van der Waals surface area (Å²) in [6.45, 7) is 3.84. The topological polar surface area (TPSA) is 108 Å². The summed E-state index contributed by atoms with van der Waals surface area (Å²) in [4.78, 5) is 23.2. The first kappa shape index (κ1) is 23.7. The van der Waals surface area contributed by atoms with Crippen molar-refractivity contribution >= 4 is 33.4 Å². The average molecular weight is 482 g/mol. The highest BCUT2D eigenvalue weighted by molar-refractivity contribution is 8.00. The number of anilines is 2. The maximum absolute atomic E-state index is 14.2. The predicted molar refractivity (Wildman–Crippen MR) is 130 cm³/mol. The van der Waals surface area contributed by atoms with E-state index in [9.17, 15) is 13.4 Å². The van der Waals surface area contributed by atoms with Crippen LogP contribution in [-0.2, 0) is 15.5 Å². The van der Waals surface area contributed by atoms with E-state index in [1.165, 1.54) is 24.7 Å². The fourth-order valence-electron chi connectivity index (χ4n) is 3.60. The summed E-state index contributed by atoms with van der Waals surface area (Å²) in [6, 6.07) is 9.62. The summed E-state index contributed by atoms with van der Waals surface area (Å²) in [5, 5.41) is 11.2. The van der Waals surface area contributed by atoms with E-state index in [1.807, 2.05) is 6.92 Å². The summed E-state index contributed by atoms with van der Waals surface area (Å²) in [7, 11) is -1.54. The van der Waals surface area contributed by atoms with Gasteiger partial charge < -0.3 is 15.0 Å². The number of carbonyl (C=O) groups excluding carboxylic acids is 1. The third kappa shape index (κ3) is 5.18. The van der Waals surface area contributed by atoms with E-state index in [0.717, 1.165) is 5.56 Å². The van der Waals surface area contributed by atoms with Crippen LogP contribution in [0.4, 0.5) is 16.0 Å². The van der Waals surface area contributed by atoms with Crippen LogP contribution in [0, 0.1) is 18.2 Å². The van der Waals surface area contributed by atoms with Crippen molar-refractivity contribution in [1.29, 1.82) is 5.41 Å². The molecule has 1 aliphatic rings. The summed E-state index contributed by atoms with van der Waals surface area (Å²) in [5.41, 5.74) is 3.00. The van der Waals surface area contributed by atoms with Gasteiger partial charge in [0.25, 0.3) is 5.91 Å². The van der Waals surface area contributed by atoms with Crippen LogP contribution in [0.25, 0.3) is 11.1 Å². The van der Waals surface area contributed by atoms with E-state index in [4.69, 9.17) is 10.1 Å². The Labute approximate surface area is 199 Å². The minimum absolute atomic E-state index is 0.0914. The van der Waals surface area contributed by atoms with E-state index in [0.29, 0.717) is 54.2 Å². The van der Waals surface area contributed by atoms with Gasteiger partial charge in [0, 0.05) is 54.0 Å². The Morgan fingerprint density at radius 1 is 1.15 bits per heavy atom. The zero-order valence-electron chi connectivity index (χ0n) is 18.8. The van der Waals surface area contributed by atoms with Gasteiger partial charge in [-0.2, -0.15) is 0 Å². The fourth-order valence-corrected chi connectivity index (χ4v) is 4.08. The monoisotopic (exact) mass is 481 g/mol. The molecule has 0 bridgehead atoms. The van der Waals surface area contributed by atoms with Crippen LogP contribution in [0.5, 0.6) is 0 Å². The Morgan fingerprint density at radius 3 is 2.53 bits per heavy atom. The number of ether oxygens (including phenoxy) is 1. The van der Waals surface area contributed by atoms with Gasteiger partial charge in [-0.25, -0.2) is 14.4 Å². The molecule has 0 spiro atoms. The second-order valence-electron chi connectivity index (χ2n) is 7.85. The minimum atomic E-state index is -1.54. The van der Waals surface area contributed by atoms with Gasteiger partial charge in [-0.3, -0.25) is 14.4 Å². The van der Waals surface area contributed by atoms with Crippen molar-refractivity contribution in [2.45, 2.75) is 6.92 Å². The number of nitrogens with one attached hydrogen (secondary N) is 2. The molecule has 0 radical (unpaired) electrons. The Bertz CT molecular complexity index is 1260. The number of amides is 1. The maximum Gasteiger partial charge on any atom is 0.254 e. The molecule has 1 aromatic heterocycles. The molecule has 1 fully saturated rings. The van der Waals surface area contributed by atoms with Crippen LogP contribution in [0.3, 0.4) is 0 Å². The van der Waals surface area contributed by atoms with Gasteiger partial charge in [0.2, 0.25) is 5.95 Å². The maximum atomic E-state index is 14.2. The zero-order valence-corrected chi connectivity index (χ0v) is 19.6. The van der Waals surface area contributed by atoms with Crippen LogP contribution >= 0.6 is 0 Å². The summed E-state index contributed by atoms with van der Waals surface area (Å²) >= 11 is 0. The number of hydrogen-bond acceptors (Lipinski definition) is 7. The lowest BCUT2D eigenvalue weighted by molar-refractivity contribution is 0.0303. The second kappa shape index (κ2) is 10.2. The van der Waals surface area contributed by atoms with E-state index < -0.39 is 10.8 Å². The smallest absolute Gasteiger partial charge is 0.254 e. The molecule has 1 atom stereocenters. The molecule has 3 aromatic rings. The molecule has 176 valence electrons. The van der Waals surface area contributed by atoms with E-state index in [2.05, 4.69) is 15.3 Å². The van der Waals surface area contributed by atoms with Crippen LogP contribution < -0.4 is 5.32 Å². The molecule has 1 aliphatic heterocycles. The van der Waals surface area contributed by atoms with Crippen molar-refractivity contribution in [2.75, 3.05) is 37.9 Å². The zero-order chi connectivity index (χ0) is 24.2. The number of benzene rings is 2. The van der Waals surface area contributed by atoms with Crippen molar-refractivity contribution < 1.29 is 18.1 Å². The quantitative estimate of drug-likeness (QED) is 0.427. The molecule has 0 saturated carbocycles. The summed E-state index contributed by atoms with van der Waals surface area (Å²) < 4.78 is 31.5. The molecule has 0 aliphatic carbocycles. The van der Waals surface area contributed by atoms with Gasteiger partial charge in [0.05, 0.1) is 29.7 Å². The van der Waals surface area contributed by atoms with Gasteiger partial charge in [-0.15, -0.1) is 0 Å². The number of rotatable bonds is 5. The highest BCUT2D eigenvalue weighted by Crippen LogP contribution is 2.26. The minimum Gasteiger partial charge on any atom is -0.378 e. The number of hydrogen-bond donors (Lipinski definition) is 2. The fraction of sp³-hybridized carbons (Fsp3) is 0.250. The molecule has 34 heavy (non-hydrogen) atoms. The van der Waals surface area contributed by atoms with Crippen molar-refractivity contribution in [2.24, 2.45) is 0 Å². The second-order valence-corrected chi connectivity index (χ2v) is 9.17. The number of halogens is 1. The summed E-state index contributed by atoms with van der Waals surface area (Å²) in [6.07, 6.45) is 4.42. The highest BCUT2D eigenvalue weighted by Gasteiger charge is 2.21. The molecule has 1 unspecified atom stereocenters. The van der Waals surface area contributed by atoms with Crippen LogP contribution in [0.1, 0.15) is 21.5 Å². The first-order valence-electron chi connectivity index (χ1n) is 10.6. The molecule has 2 heterocycles. The van der Waals surface area contributed by atoms with Crippen molar-refractivity contribution in [3.63, 3.8) is 0 Å². The number of nitrogens with zero attached hydrogens (tertiary/aromatic N) is 3. The first-order valence-corrected chi connectivity index (χ1v) is 12.2. The standard InChI is InChI=1S/C24H24FN5O3S/c1-15-3-6-20(25)19(11-15)17-13-27-24(28-14-17)29-21-12-16(4-5-18(21)22(26)34(2)32)23(31)30-7-9-33-10-8-30/h3-6,11-14,26H,7-10H2,1-2H3,(H,27,28,29). The van der Waals surface area contributed by atoms with Gasteiger partial charge >= 0.3 is 0 Å². The highest BCUT2D eigenvalue weighted by atomic mass is 32.2.